The molecular weight excluding hydrogens is 461 g/mol. The number of halogens is 3. The van der Waals surface area contributed by atoms with Crippen molar-refractivity contribution in [3.8, 4) is 5.75 Å². The summed E-state index contributed by atoms with van der Waals surface area (Å²) in [6.07, 6.45) is -2.87. The van der Waals surface area contributed by atoms with Crippen molar-refractivity contribution in [2.45, 2.75) is 25.4 Å². The number of nitrogens with zero attached hydrogens (tertiary/aromatic N) is 2. The lowest BCUT2D eigenvalue weighted by Gasteiger charge is -2.43. The Kier molecular flexibility index (Phi) is 7.64. The molecule has 2 aromatic rings. The van der Waals surface area contributed by atoms with Crippen molar-refractivity contribution in [3.05, 3.63) is 65.7 Å². The smallest absolute Gasteiger partial charge is 0.416 e. The number of morpholine rings is 1. The van der Waals surface area contributed by atoms with E-state index in [9.17, 15) is 22.8 Å². The van der Waals surface area contributed by atoms with Gasteiger partial charge in [-0.25, -0.2) is 0 Å². The molecule has 0 bridgehead atoms. The van der Waals surface area contributed by atoms with Crippen LogP contribution in [0.2, 0.25) is 0 Å². The zero-order valence-corrected chi connectivity index (χ0v) is 19.4. The van der Waals surface area contributed by atoms with E-state index in [1.54, 1.807) is 9.80 Å². The number of benzene rings is 2. The molecule has 2 heterocycles. The van der Waals surface area contributed by atoms with Crippen LogP contribution in [0.1, 0.15) is 35.2 Å². The van der Waals surface area contributed by atoms with Crippen LogP contribution < -0.4 is 4.74 Å². The number of amides is 2. The fraction of sp³-hybridized carbons (Fsp3) is 0.462. The second-order valence-electron chi connectivity index (χ2n) is 9.18. The van der Waals surface area contributed by atoms with Crippen LogP contribution in [0.15, 0.2) is 54.6 Å². The van der Waals surface area contributed by atoms with Crippen LogP contribution in [0.3, 0.4) is 0 Å². The van der Waals surface area contributed by atoms with Crippen molar-refractivity contribution < 1.29 is 32.2 Å². The number of carbonyl (C=O) groups is 2. The molecule has 2 amide bonds. The SMILES string of the molecule is O=C(C[C@@]1(COc2ccccc2)CCCN(C(=O)c2ccc(C(F)(F)F)cc2)C1)N1CCOCC1. The maximum absolute atomic E-state index is 13.2. The topological polar surface area (TPSA) is 59.1 Å². The first-order valence-corrected chi connectivity index (χ1v) is 11.8. The normalized spacial score (nSPS) is 21.0. The molecule has 2 saturated heterocycles. The zero-order valence-electron chi connectivity index (χ0n) is 19.4. The summed E-state index contributed by atoms with van der Waals surface area (Å²) in [5.41, 5.74) is -1.21. The van der Waals surface area contributed by atoms with Gasteiger partial charge in [0.25, 0.3) is 5.91 Å². The van der Waals surface area contributed by atoms with E-state index in [4.69, 9.17) is 9.47 Å². The molecule has 0 aromatic heterocycles. The molecule has 6 nitrogen and oxygen atoms in total. The van der Waals surface area contributed by atoms with E-state index in [1.807, 2.05) is 30.3 Å². The van der Waals surface area contributed by atoms with Crippen LogP contribution in [-0.4, -0.2) is 67.6 Å². The summed E-state index contributed by atoms with van der Waals surface area (Å²) in [5, 5.41) is 0. The first kappa shape index (κ1) is 25.0. The lowest BCUT2D eigenvalue weighted by atomic mass is 9.77. The number of ether oxygens (including phenoxy) is 2. The molecule has 0 radical (unpaired) electrons. The summed E-state index contributed by atoms with van der Waals surface area (Å²) < 4.78 is 50.2. The third-order valence-corrected chi connectivity index (χ3v) is 6.59. The highest BCUT2D eigenvalue weighted by atomic mass is 19.4. The van der Waals surface area contributed by atoms with Crippen LogP contribution in [0.4, 0.5) is 13.2 Å². The molecule has 0 saturated carbocycles. The standard InChI is InChI=1S/C26H29F3N2O4/c27-26(28,29)21-9-7-20(8-10-21)24(33)31-12-4-11-25(18-31,19-35-22-5-2-1-3-6-22)17-23(32)30-13-15-34-16-14-30/h1-3,5-10H,4,11-19H2/t25-/m0/s1. The van der Waals surface area contributed by atoms with Gasteiger partial charge in [-0.2, -0.15) is 13.2 Å². The monoisotopic (exact) mass is 490 g/mol. The Morgan fingerprint density at radius 3 is 2.29 bits per heavy atom. The number of likely N-dealkylation sites (tertiary alicyclic amines) is 1. The van der Waals surface area contributed by atoms with E-state index >= 15 is 0 Å². The average Bonchev–Trinajstić information content (AvgIpc) is 2.88. The Hall–Kier alpha value is -3.07. The van der Waals surface area contributed by atoms with Crippen LogP contribution in [0.25, 0.3) is 0 Å². The van der Waals surface area contributed by atoms with E-state index in [2.05, 4.69) is 0 Å². The molecule has 2 aliphatic rings. The van der Waals surface area contributed by atoms with Crippen molar-refractivity contribution in [1.82, 2.24) is 9.80 Å². The Bertz CT molecular complexity index is 1010. The molecule has 2 aliphatic heterocycles. The third kappa shape index (κ3) is 6.33. The molecule has 0 unspecified atom stereocenters. The molecule has 35 heavy (non-hydrogen) atoms. The van der Waals surface area contributed by atoms with Gasteiger partial charge in [0.15, 0.2) is 0 Å². The molecule has 0 aliphatic carbocycles. The number of rotatable bonds is 6. The zero-order chi connectivity index (χ0) is 24.9. The van der Waals surface area contributed by atoms with Gasteiger partial charge < -0.3 is 19.3 Å². The van der Waals surface area contributed by atoms with Gasteiger partial charge in [0.1, 0.15) is 5.75 Å². The predicted octanol–water partition coefficient (Wildman–Crippen LogP) is 4.26. The highest BCUT2D eigenvalue weighted by Gasteiger charge is 2.41. The number of hydrogen-bond donors (Lipinski definition) is 0. The predicted molar refractivity (Wildman–Crippen MR) is 123 cm³/mol. The van der Waals surface area contributed by atoms with Gasteiger partial charge in [-0.15, -0.1) is 0 Å². The Morgan fingerprint density at radius 2 is 1.63 bits per heavy atom. The van der Waals surface area contributed by atoms with Crippen molar-refractivity contribution in [2.24, 2.45) is 5.41 Å². The van der Waals surface area contributed by atoms with E-state index in [1.165, 1.54) is 12.1 Å². The Labute approximate surface area is 202 Å². The first-order valence-electron chi connectivity index (χ1n) is 11.8. The number of para-hydroxylation sites is 1. The highest BCUT2D eigenvalue weighted by Crippen LogP contribution is 2.36. The van der Waals surface area contributed by atoms with E-state index in [-0.39, 0.29) is 37.0 Å². The van der Waals surface area contributed by atoms with Crippen molar-refractivity contribution in [2.75, 3.05) is 46.0 Å². The molecule has 0 spiro atoms. The van der Waals surface area contributed by atoms with Crippen LogP contribution in [0.5, 0.6) is 5.75 Å². The summed E-state index contributed by atoms with van der Waals surface area (Å²) in [4.78, 5) is 29.8. The van der Waals surface area contributed by atoms with Crippen LogP contribution in [-0.2, 0) is 15.7 Å². The van der Waals surface area contributed by atoms with E-state index < -0.39 is 17.2 Å². The molecule has 2 aromatic carbocycles. The summed E-state index contributed by atoms with van der Waals surface area (Å²) >= 11 is 0. The van der Waals surface area contributed by atoms with Gasteiger partial charge >= 0.3 is 6.18 Å². The molecule has 0 N–H and O–H groups in total. The lowest BCUT2D eigenvalue weighted by molar-refractivity contribution is -0.139. The minimum Gasteiger partial charge on any atom is -0.493 e. The van der Waals surface area contributed by atoms with Crippen molar-refractivity contribution >= 4 is 11.8 Å². The maximum Gasteiger partial charge on any atom is 0.416 e. The first-order chi connectivity index (χ1) is 16.8. The summed E-state index contributed by atoms with van der Waals surface area (Å²) in [7, 11) is 0. The number of carbonyl (C=O) groups excluding carboxylic acids is 2. The Balaban J connectivity index is 1.51. The maximum atomic E-state index is 13.2. The second-order valence-corrected chi connectivity index (χ2v) is 9.18. The summed E-state index contributed by atoms with van der Waals surface area (Å²) in [5.74, 6) is 0.326. The van der Waals surface area contributed by atoms with Gasteiger partial charge in [0.05, 0.1) is 25.4 Å². The summed E-state index contributed by atoms with van der Waals surface area (Å²) in [6, 6.07) is 13.5. The van der Waals surface area contributed by atoms with E-state index in [0.717, 1.165) is 12.1 Å². The summed E-state index contributed by atoms with van der Waals surface area (Å²) in [6.45, 7) is 3.07. The number of piperidine rings is 1. The highest BCUT2D eigenvalue weighted by molar-refractivity contribution is 5.94. The third-order valence-electron chi connectivity index (χ3n) is 6.59. The van der Waals surface area contributed by atoms with Crippen molar-refractivity contribution in [1.29, 1.82) is 0 Å². The second kappa shape index (κ2) is 10.7. The molecule has 2 fully saturated rings. The largest absolute Gasteiger partial charge is 0.493 e. The van der Waals surface area contributed by atoms with E-state index in [0.29, 0.717) is 51.4 Å². The van der Waals surface area contributed by atoms with Crippen LogP contribution in [0, 0.1) is 5.41 Å². The molecular formula is C26H29F3N2O4. The molecule has 4 rings (SSSR count). The number of hydrogen-bond acceptors (Lipinski definition) is 4. The van der Waals surface area contributed by atoms with Crippen molar-refractivity contribution in [3.63, 3.8) is 0 Å². The fourth-order valence-corrected chi connectivity index (χ4v) is 4.68. The van der Waals surface area contributed by atoms with Gasteiger partial charge in [-0.05, 0) is 49.2 Å². The lowest BCUT2D eigenvalue weighted by Crippen LogP contribution is -2.52. The van der Waals surface area contributed by atoms with Crippen LogP contribution >= 0.6 is 0 Å². The van der Waals surface area contributed by atoms with Gasteiger partial charge in [0.2, 0.25) is 5.91 Å². The molecule has 9 heteroatoms. The molecule has 1 atom stereocenters. The quantitative estimate of drug-likeness (QED) is 0.608. The minimum atomic E-state index is -4.46. The molecule has 188 valence electrons. The Morgan fingerprint density at radius 1 is 0.943 bits per heavy atom. The minimum absolute atomic E-state index is 0.00575. The average molecular weight is 491 g/mol. The number of alkyl halides is 3. The van der Waals surface area contributed by atoms with Gasteiger partial charge in [-0.3, -0.25) is 9.59 Å². The fourth-order valence-electron chi connectivity index (χ4n) is 4.68. The van der Waals surface area contributed by atoms with Gasteiger partial charge in [0, 0.05) is 43.6 Å². The van der Waals surface area contributed by atoms with Gasteiger partial charge in [-0.1, -0.05) is 18.2 Å².